The van der Waals surface area contributed by atoms with Crippen LogP contribution in [-0.2, 0) is 4.79 Å². The van der Waals surface area contributed by atoms with Crippen LogP contribution in [0.2, 0.25) is 0 Å². The highest BCUT2D eigenvalue weighted by molar-refractivity contribution is 7.80. The third-order valence-electron chi connectivity index (χ3n) is 5.74. The normalized spacial score (nSPS) is 24.9. The number of hydrogen-bond donors (Lipinski definition) is 3. The number of carbonyl (C=O) groups excluding carboxylic acids is 1. The number of carbonyl (C=O) groups is 1. The third-order valence-corrected chi connectivity index (χ3v) is 6.43. The maximum absolute atomic E-state index is 12.2. The zero-order chi connectivity index (χ0) is 20.1. The topological polar surface area (TPSA) is 59.6 Å². The Kier molecular flexibility index (Phi) is 7.83. The standard InChI is InChI=1S/C19H35N5OS2/c1-5-7-8-9-10-19(24-14-15(25)22-17(24)27)18(3,4)21-12-13-23(19)16(26)20-11-6-2/h21H,5-14H2,1-4H3,(H,20,26)(H,22,25,27). The van der Waals surface area contributed by atoms with Gasteiger partial charge in [-0.1, -0.05) is 33.1 Å². The molecule has 0 bridgehead atoms. The van der Waals surface area contributed by atoms with Gasteiger partial charge in [0.15, 0.2) is 10.2 Å². The van der Waals surface area contributed by atoms with E-state index in [2.05, 4.69) is 53.4 Å². The van der Waals surface area contributed by atoms with Crippen LogP contribution in [-0.4, -0.2) is 63.3 Å². The fourth-order valence-corrected chi connectivity index (χ4v) is 5.02. The van der Waals surface area contributed by atoms with Gasteiger partial charge in [-0.25, -0.2) is 0 Å². The SMILES string of the molecule is CCCCCCC1(N2CC(=O)NC2=S)N(C(=S)NCCC)CCNC1(C)C. The molecule has 3 N–H and O–H groups in total. The van der Waals surface area contributed by atoms with Crippen LogP contribution in [0.15, 0.2) is 0 Å². The van der Waals surface area contributed by atoms with Crippen LogP contribution >= 0.6 is 24.4 Å². The zero-order valence-corrected chi connectivity index (χ0v) is 18.8. The molecule has 0 aromatic carbocycles. The van der Waals surface area contributed by atoms with Crippen molar-refractivity contribution in [3.05, 3.63) is 0 Å². The van der Waals surface area contributed by atoms with Crippen LogP contribution in [0.1, 0.15) is 66.2 Å². The maximum Gasteiger partial charge on any atom is 0.245 e. The summed E-state index contributed by atoms with van der Waals surface area (Å²) in [6.45, 7) is 11.5. The number of amides is 1. The number of hydrogen-bond acceptors (Lipinski definition) is 4. The molecule has 2 aliphatic heterocycles. The fourth-order valence-electron chi connectivity index (χ4n) is 4.35. The van der Waals surface area contributed by atoms with Gasteiger partial charge in [0.1, 0.15) is 12.2 Å². The molecule has 2 saturated heterocycles. The molecule has 2 rings (SSSR count). The first-order valence-corrected chi connectivity index (χ1v) is 11.0. The number of piperazine rings is 1. The van der Waals surface area contributed by atoms with Gasteiger partial charge in [0.2, 0.25) is 5.91 Å². The lowest BCUT2D eigenvalue weighted by Gasteiger charge is -2.61. The molecule has 0 saturated carbocycles. The first-order valence-electron chi connectivity index (χ1n) is 10.2. The highest BCUT2D eigenvalue weighted by atomic mass is 32.1. The summed E-state index contributed by atoms with van der Waals surface area (Å²) in [5.41, 5.74) is -0.765. The van der Waals surface area contributed by atoms with E-state index in [1.54, 1.807) is 0 Å². The molecule has 154 valence electrons. The molecule has 1 atom stereocenters. The Labute approximate surface area is 174 Å². The fraction of sp³-hybridized carbons (Fsp3) is 0.842. The number of thiocarbonyl (C=S) groups is 2. The van der Waals surface area contributed by atoms with Crippen molar-refractivity contribution in [2.75, 3.05) is 26.2 Å². The molecule has 2 fully saturated rings. The second kappa shape index (κ2) is 9.47. The molecule has 1 unspecified atom stereocenters. The van der Waals surface area contributed by atoms with Crippen LogP contribution in [0, 0.1) is 0 Å². The molecule has 8 heteroatoms. The van der Waals surface area contributed by atoms with E-state index in [4.69, 9.17) is 24.4 Å². The molecule has 2 aliphatic rings. The van der Waals surface area contributed by atoms with E-state index in [0.717, 1.165) is 44.0 Å². The van der Waals surface area contributed by atoms with Crippen molar-refractivity contribution in [1.29, 1.82) is 0 Å². The van der Waals surface area contributed by atoms with E-state index in [1.807, 2.05) is 0 Å². The average molecular weight is 414 g/mol. The first-order chi connectivity index (χ1) is 12.8. The summed E-state index contributed by atoms with van der Waals surface area (Å²) < 4.78 is 0. The van der Waals surface area contributed by atoms with Gasteiger partial charge in [-0.3, -0.25) is 4.79 Å². The molecular weight excluding hydrogens is 378 g/mol. The lowest BCUT2D eigenvalue weighted by Crippen LogP contribution is -2.80. The highest BCUT2D eigenvalue weighted by Gasteiger charge is 2.58. The largest absolute Gasteiger partial charge is 0.363 e. The van der Waals surface area contributed by atoms with Crippen molar-refractivity contribution >= 4 is 40.6 Å². The van der Waals surface area contributed by atoms with E-state index in [1.165, 1.54) is 19.3 Å². The molecule has 6 nitrogen and oxygen atoms in total. The van der Waals surface area contributed by atoms with Gasteiger partial charge >= 0.3 is 0 Å². The van der Waals surface area contributed by atoms with Gasteiger partial charge in [-0.05, 0) is 57.5 Å². The van der Waals surface area contributed by atoms with Crippen molar-refractivity contribution in [1.82, 2.24) is 25.8 Å². The summed E-state index contributed by atoms with van der Waals surface area (Å²) in [6, 6.07) is 0. The van der Waals surface area contributed by atoms with Crippen molar-refractivity contribution < 1.29 is 4.79 Å². The molecule has 27 heavy (non-hydrogen) atoms. The Morgan fingerprint density at radius 1 is 1.22 bits per heavy atom. The minimum Gasteiger partial charge on any atom is -0.363 e. The van der Waals surface area contributed by atoms with Gasteiger partial charge in [0.25, 0.3) is 0 Å². The van der Waals surface area contributed by atoms with Crippen LogP contribution in [0.3, 0.4) is 0 Å². The zero-order valence-electron chi connectivity index (χ0n) is 17.2. The molecular formula is C19H35N5OS2. The lowest BCUT2D eigenvalue weighted by molar-refractivity contribution is -0.122. The molecule has 0 radical (unpaired) electrons. The molecule has 1 amide bonds. The first kappa shape index (κ1) is 22.3. The monoisotopic (exact) mass is 413 g/mol. The van der Waals surface area contributed by atoms with Crippen LogP contribution < -0.4 is 16.0 Å². The van der Waals surface area contributed by atoms with Crippen LogP contribution in [0.25, 0.3) is 0 Å². The summed E-state index contributed by atoms with van der Waals surface area (Å²) in [5.74, 6) is -0.0401. The number of nitrogens with one attached hydrogen (secondary N) is 3. The second-order valence-electron chi connectivity index (χ2n) is 8.00. The van der Waals surface area contributed by atoms with Crippen LogP contribution in [0.5, 0.6) is 0 Å². The van der Waals surface area contributed by atoms with Crippen LogP contribution in [0.4, 0.5) is 0 Å². The summed E-state index contributed by atoms with van der Waals surface area (Å²) >= 11 is 11.4. The van der Waals surface area contributed by atoms with Crippen molar-refractivity contribution in [2.24, 2.45) is 0 Å². The number of unbranched alkanes of at least 4 members (excludes halogenated alkanes) is 3. The Balaban J connectivity index is 2.42. The van der Waals surface area contributed by atoms with Gasteiger partial charge in [0, 0.05) is 19.6 Å². The van der Waals surface area contributed by atoms with E-state index in [0.29, 0.717) is 5.11 Å². The number of nitrogens with zero attached hydrogens (tertiary/aromatic N) is 2. The van der Waals surface area contributed by atoms with Crippen molar-refractivity contribution in [3.8, 4) is 0 Å². The molecule has 0 aromatic heterocycles. The molecule has 0 aromatic rings. The van der Waals surface area contributed by atoms with E-state index < -0.39 is 5.66 Å². The predicted octanol–water partition coefficient (Wildman–Crippen LogP) is 2.34. The van der Waals surface area contributed by atoms with Gasteiger partial charge < -0.3 is 25.8 Å². The second-order valence-corrected chi connectivity index (χ2v) is 8.78. The minimum atomic E-state index is -0.479. The summed E-state index contributed by atoms with van der Waals surface area (Å²) in [6.07, 6.45) is 6.55. The molecule has 0 aliphatic carbocycles. The lowest BCUT2D eigenvalue weighted by atomic mass is 9.78. The minimum absolute atomic E-state index is 0.0401. The summed E-state index contributed by atoms with van der Waals surface area (Å²) in [5, 5.41) is 11.2. The summed E-state index contributed by atoms with van der Waals surface area (Å²) in [7, 11) is 0. The van der Waals surface area contributed by atoms with Gasteiger partial charge in [0.05, 0.1) is 5.54 Å². The quantitative estimate of drug-likeness (QED) is 0.417. The van der Waals surface area contributed by atoms with Crippen molar-refractivity contribution in [2.45, 2.75) is 77.4 Å². The predicted molar refractivity (Wildman–Crippen MR) is 119 cm³/mol. The molecule has 0 spiro atoms. The Hall–Kier alpha value is -0.990. The smallest absolute Gasteiger partial charge is 0.245 e. The van der Waals surface area contributed by atoms with Gasteiger partial charge in [-0.15, -0.1) is 0 Å². The van der Waals surface area contributed by atoms with Gasteiger partial charge in [-0.2, -0.15) is 0 Å². The Morgan fingerprint density at radius 3 is 2.56 bits per heavy atom. The highest BCUT2D eigenvalue weighted by Crippen LogP contribution is 2.40. The summed E-state index contributed by atoms with van der Waals surface area (Å²) in [4.78, 5) is 16.5. The van der Waals surface area contributed by atoms with E-state index >= 15 is 0 Å². The van der Waals surface area contributed by atoms with E-state index in [-0.39, 0.29) is 18.0 Å². The van der Waals surface area contributed by atoms with E-state index in [9.17, 15) is 4.79 Å². The Bertz CT molecular complexity index is 568. The maximum atomic E-state index is 12.2. The Morgan fingerprint density at radius 2 is 1.96 bits per heavy atom. The third kappa shape index (κ3) is 4.54. The van der Waals surface area contributed by atoms with Crippen molar-refractivity contribution in [3.63, 3.8) is 0 Å². The average Bonchev–Trinajstić information content (AvgIpc) is 2.95. The number of rotatable bonds is 8. The molecule has 2 heterocycles.